The van der Waals surface area contributed by atoms with E-state index in [4.69, 9.17) is 4.74 Å². The number of rotatable bonds is 6. The molecule has 1 aromatic carbocycles. The number of ether oxygens (including phenoxy) is 1. The lowest BCUT2D eigenvalue weighted by atomic mass is 10.0. The van der Waals surface area contributed by atoms with Gasteiger partial charge in [-0.2, -0.15) is 0 Å². The molecular formula is C15H22N2O3. The van der Waals surface area contributed by atoms with Crippen molar-refractivity contribution < 1.29 is 14.6 Å². The first kappa shape index (κ1) is 14.8. The summed E-state index contributed by atoms with van der Waals surface area (Å²) in [5.41, 5.74) is 3.32. The Hall–Kier alpha value is -1.59. The molecule has 110 valence electrons. The monoisotopic (exact) mass is 278 g/mol. The normalized spacial score (nSPS) is 15.1. The molecule has 1 unspecified atom stereocenters. The molecule has 0 bridgehead atoms. The zero-order valence-corrected chi connectivity index (χ0v) is 12.1. The van der Waals surface area contributed by atoms with Crippen LogP contribution in [0.25, 0.3) is 0 Å². The molecule has 0 spiro atoms. The van der Waals surface area contributed by atoms with Crippen LogP contribution in [-0.2, 0) is 16.0 Å². The van der Waals surface area contributed by atoms with E-state index in [0.29, 0.717) is 6.61 Å². The van der Waals surface area contributed by atoms with E-state index in [0.717, 1.165) is 18.5 Å². The van der Waals surface area contributed by atoms with Crippen LogP contribution in [0.1, 0.15) is 24.2 Å². The molecular weight excluding hydrogens is 256 g/mol. The molecule has 1 aromatic rings. The Labute approximate surface area is 119 Å². The summed E-state index contributed by atoms with van der Waals surface area (Å²) in [4.78, 5) is 13.6. The lowest BCUT2D eigenvalue weighted by Gasteiger charge is -2.15. The minimum Gasteiger partial charge on any atom is -0.387 e. The minimum absolute atomic E-state index is 0.0399. The van der Waals surface area contributed by atoms with Crippen molar-refractivity contribution >= 4 is 11.6 Å². The quantitative estimate of drug-likeness (QED) is 0.810. The number of carbonyl (C=O) groups excluding carboxylic acids is 1. The number of carbonyl (C=O) groups is 1. The maximum absolute atomic E-state index is 11.4. The first-order chi connectivity index (χ1) is 9.61. The number of aliphatic hydroxyl groups is 1. The number of fused-ring (bicyclic) bond motifs is 1. The molecule has 0 aromatic heterocycles. The number of benzene rings is 1. The van der Waals surface area contributed by atoms with Crippen LogP contribution in [0, 0.1) is 0 Å². The van der Waals surface area contributed by atoms with Gasteiger partial charge in [-0.3, -0.25) is 4.79 Å². The van der Waals surface area contributed by atoms with Crippen LogP contribution in [0.2, 0.25) is 0 Å². The zero-order chi connectivity index (χ0) is 14.5. The molecule has 0 radical (unpaired) electrons. The SMILES string of the molecule is CCOCC(=O)NCC(O)c1ccc2c(c1)CCN2C. The number of likely N-dealkylation sites (N-methyl/N-ethyl adjacent to an activating group) is 1. The van der Waals surface area contributed by atoms with Crippen molar-refractivity contribution in [2.45, 2.75) is 19.4 Å². The van der Waals surface area contributed by atoms with Crippen LogP contribution in [0.15, 0.2) is 18.2 Å². The first-order valence-corrected chi connectivity index (χ1v) is 6.98. The van der Waals surface area contributed by atoms with E-state index < -0.39 is 6.10 Å². The third kappa shape index (κ3) is 3.49. The van der Waals surface area contributed by atoms with Crippen molar-refractivity contribution in [1.82, 2.24) is 5.32 Å². The number of anilines is 1. The predicted octanol–water partition coefficient (Wildman–Crippen LogP) is 0.865. The lowest BCUT2D eigenvalue weighted by Crippen LogP contribution is -2.31. The summed E-state index contributed by atoms with van der Waals surface area (Å²) in [6.45, 7) is 3.61. The van der Waals surface area contributed by atoms with Gasteiger partial charge in [-0.25, -0.2) is 0 Å². The molecule has 0 saturated carbocycles. The zero-order valence-electron chi connectivity index (χ0n) is 12.1. The molecule has 1 aliphatic heterocycles. The van der Waals surface area contributed by atoms with Crippen molar-refractivity contribution in [1.29, 1.82) is 0 Å². The molecule has 1 heterocycles. The Kier molecular flexibility index (Phi) is 4.98. The van der Waals surface area contributed by atoms with Gasteiger partial charge in [0.25, 0.3) is 0 Å². The van der Waals surface area contributed by atoms with Crippen LogP contribution < -0.4 is 10.2 Å². The fourth-order valence-corrected chi connectivity index (χ4v) is 2.37. The van der Waals surface area contributed by atoms with Crippen LogP contribution in [0.4, 0.5) is 5.69 Å². The van der Waals surface area contributed by atoms with Crippen LogP contribution in [0.3, 0.4) is 0 Å². The van der Waals surface area contributed by atoms with E-state index in [2.05, 4.69) is 17.3 Å². The van der Waals surface area contributed by atoms with Gasteiger partial charge < -0.3 is 20.1 Å². The number of aliphatic hydroxyl groups excluding tert-OH is 1. The number of hydrogen-bond acceptors (Lipinski definition) is 4. The summed E-state index contributed by atoms with van der Waals surface area (Å²) in [6.07, 6.45) is 0.320. The Morgan fingerprint density at radius 3 is 3.10 bits per heavy atom. The van der Waals surface area contributed by atoms with E-state index in [1.54, 1.807) is 0 Å². The van der Waals surface area contributed by atoms with Crippen molar-refractivity contribution in [2.24, 2.45) is 0 Å². The Morgan fingerprint density at radius 2 is 2.35 bits per heavy atom. The third-order valence-corrected chi connectivity index (χ3v) is 3.55. The smallest absolute Gasteiger partial charge is 0.246 e. The van der Waals surface area contributed by atoms with Gasteiger partial charge >= 0.3 is 0 Å². The second kappa shape index (κ2) is 6.72. The van der Waals surface area contributed by atoms with Crippen molar-refractivity contribution in [3.05, 3.63) is 29.3 Å². The molecule has 5 nitrogen and oxygen atoms in total. The van der Waals surface area contributed by atoms with Crippen LogP contribution in [0.5, 0.6) is 0 Å². The summed E-state index contributed by atoms with van der Waals surface area (Å²) in [5.74, 6) is -0.202. The highest BCUT2D eigenvalue weighted by Gasteiger charge is 2.18. The maximum Gasteiger partial charge on any atom is 0.246 e. The first-order valence-electron chi connectivity index (χ1n) is 6.98. The molecule has 1 atom stereocenters. The van der Waals surface area contributed by atoms with Crippen molar-refractivity contribution in [3.63, 3.8) is 0 Å². The van der Waals surface area contributed by atoms with Crippen molar-refractivity contribution in [2.75, 3.05) is 38.3 Å². The van der Waals surface area contributed by atoms with E-state index in [1.807, 2.05) is 25.1 Å². The van der Waals surface area contributed by atoms with Gasteiger partial charge in [0.05, 0.1) is 6.10 Å². The summed E-state index contributed by atoms with van der Waals surface area (Å²) in [6, 6.07) is 5.97. The van der Waals surface area contributed by atoms with Gasteiger partial charge in [0.15, 0.2) is 0 Å². The molecule has 2 N–H and O–H groups in total. The van der Waals surface area contributed by atoms with Gasteiger partial charge in [0.2, 0.25) is 5.91 Å². The second-order valence-electron chi connectivity index (χ2n) is 5.02. The van der Waals surface area contributed by atoms with Crippen LogP contribution >= 0.6 is 0 Å². The highest BCUT2D eigenvalue weighted by atomic mass is 16.5. The number of nitrogens with zero attached hydrogens (tertiary/aromatic N) is 1. The third-order valence-electron chi connectivity index (χ3n) is 3.55. The maximum atomic E-state index is 11.4. The molecule has 0 saturated heterocycles. The fraction of sp³-hybridized carbons (Fsp3) is 0.533. The Balaban J connectivity index is 1.90. The van der Waals surface area contributed by atoms with E-state index >= 15 is 0 Å². The van der Waals surface area contributed by atoms with Gasteiger partial charge in [0, 0.05) is 32.4 Å². The second-order valence-corrected chi connectivity index (χ2v) is 5.02. The number of amides is 1. The molecule has 5 heteroatoms. The Bertz CT molecular complexity index is 476. The summed E-state index contributed by atoms with van der Waals surface area (Å²) in [7, 11) is 2.07. The summed E-state index contributed by atoms with van der Waals surface area (Å²) in [5, 5.41) is 12.8. The highest BCUT2D eigenvalue weighted by Crippen LogP contribution is 2.29. The summed E-state index contributed by atoms with van der Waals surface area (Å²) < 4.78 is 5.01. The lowest BCUT2D eigenvalue weighted by molar-refractivity contribution is -0.126. The molecule has 0 fully saturated rings. The highest BCUT2D eigenvalue weighted by molar-refractivity contribution is 5.77. The van der Waals surface area contributed by atoms with Gasteiger partial charge in [-0.05, 0) is 30.5 Å². The van der Waals surface area contributed by atoms with E-state index in [-0.39, 0.29) is 19.1 Å². The molecule has 2 rings (SSSR count). The number of nitrogens with one attached hydrogen (secondary N) is 1. The fourth-order valence-electron chi connectivity index (χ4n) is 2.37. The van der Waals surface area contributed by atoms with Gasteiger partial charge in [-0.15, -0.1) is 0 Å². The largest absolute Gasteiger partial charge is 0.387 e. The molecule has 20 heavy (non-hydrogen) atoms. The van der Waals surface area contributed by atoms with Crippen molar-refractivity contribution in [3.8, 4) is 0 Å². The summed E-state index contributed by atoms with van der Waals surface area (Å²) >= 11 is 0. The van der Waals surface area contributed by atoms with Gasteiger partial charge in [-0.1, -0.05) is 12.1 Å². The standard InChI is InChI=1S/C15H22N2O3/c1-3-20-10-15(19)16-9-14(18)12-4-5-13-11(8-12)6-7-17(13)2/h4-5,8,14,18H,3,6-7,9-10H2,1-2H3,(H,16,19). The minimum atomic E-state index is -0.684. The van der Waals surface area contributed by atoms with E-state index in [1.165, 1.54) is 11.3 Å². The molecule has 0 aliphatic carbocycles. The predicted molar refractivity (Wildman–Crippen MR) is 77.9 cm³/mol. The number of hydrogen-bond donors (Lipinski definition) is 2. The average Bonchev–Trinajstić information content (AvgIpc) is 2.83. The van der Waals surface area contributed by atoms with Crippen LogP contribution in [-0.4, -0.2) is 44.4 Å². The topological polar surface area (TPSA) is 61.8 Å². The Morgan fingerprint density at radius 1 is 1.55 bits per heavy atom. The average molecular weight is 278 g/mol. The van der Waals surface area contributed by atoms with Gasteiger partial charge in [0.1, 0.15) is 6.61 Å². The molecule has 1 aliphatic rings. The van der Waals surface area contributed by atoms with E-state index in [9.17, 15) is 9.90 Å². The molecule has 1 amide bonds.